The van der Waals surface area contributed by atoms with Crippen molar-refractivity contribution in [3.8, 4) is 0 Å². The highest BCUT2D eigenvalue weighted by atomic mass is 16.7. The third-order valence-corrected chi connectivity index (χ3v) is 5.49. The van der Waals surface area contributed by atoms with Crippen LogP contribution in [0.15, 0.2) is 0 Å². The first-order chi connectivity index (χ1) is 7.83. The Morgan fingerprint density at radius 1 is 1.00 bits per heavy atom. The molecule has 0 spiro atoms. The lowest BCUT2D eigenvalue weighted by Crippen LogP contribution is -2.47. The molecule has 0 bridgehead atoms. The fourth-order valence-corrected chi connectivity index (χ4v) is 4.74. The molecular weight excluding hydrogens is 200 g/mol. The van der Waals surface area contributed by atoms with Crippen molar-refractivity contribution in [1.29, 1.82) is 0 Å². The van der Waals surface area contributed by atoms with Gasteiger partial charge in [-0.3, -0.25) is 0 Å². The number of ether oxygens (including phenoxy) is 2. The molecule has 2 aliphatic carbocycles. The Bertz CT molecular complexity index is 245. The van der Waals surface area contributed by atoms with Crippen molar-refractivity contribution in [2.45, 2.75) is 63.6 Å². The normalized spacial score (nSPS) is 44.8. The molecule has 16 heavy (non-hydrogen) atoms. The maximum atomic E-state index is 6.05. The molecule has 2 nitrogen and oxygen atoms in total. The van der Waals surface area contributed by atoms with E-state index in [1.54, 1.807) is 0 Å². The van der Waals surface area contributed by atoms with Crippen LogP contribution in [0, 0.1) is 11.3 Å². The minimum absolute atomic E-state index is 0.199. The van der Waals surface area contributed by atoms with Gasteiger partial charge in [0.25, 0.3) is 0 Å². The monoisotopic (exact) mass is 224 g/mol. The van der Waals surface area contributed by atoms with E-state index >= 15 is 0 Å². The van der Waals surface area contributed by atoms with E-state index in [4.69, 9.17) is 9.47 Å². The van der Waals surface area contributed by atoms with Crippen LogP contribution in [0.2, 0.25) is 0 Å². The molecule has 2 unspecified atom stereocenters. The molecule has 92 valence electrons. The van der Waals surface area contributed by atoms with Crippen molar-refractivity contribution in [3.63, 3.8) is 0 Å². The largest absolute Gasteiger partial charge is 0.353 e. The molecule has 0 N–H and O–H groups in total. The Morgan fingerprint density at radius 3 is 2.56 bits per heavy atom. The van der Waals surface area contributed by atoms with Crippen LogP contribution in [0.1, 0.15) is 57.8 Å². The van der Waals surface area contributed by atoms with E-state index in [2.05, 4.69) is 0 Å². The van der Waals surface area contributed by atoms with Gasteiger partial charge in [-0.05, 0) is 38.0 Å². The van der Waals surface area contributed by atoms with E-state index < -0.39 is 0 Å². The second-order valence-corrected chi connectivity index (χ2v) is 5.90. The third-order valence-electron chi connectivity index (χ3n) is 5.49. The molecule has 1 aliphatic heterocycles. The zero-order valence-electron chi connectivity index (χ0n) is 10.5. The highest BCUT2D eigenvalue weighted by Gasteiger charge is 2.62. The first kappa shape index (κ1) is 11.0. The maximum Gasteiger partial charge on any atom is 0.173 e. The van der Waals surface area contributed by atoms with Gasteiger partial charge in [0.1, 0.15) is 0 Å². The minimum Gasteiger partial charge on any atom is -0.353 e. The van der Waals surface area contributed by atoms with Gasteiger partial charge in [0.05, 0.1) is 6.61 Å². The maximum absolute atomic E-state index is 6.05. The van der Waals surface area contributed by atoms with Gasteiger partial charge in [0.15, 0.2) is 5.79 Å². The van der Waals surface area contributed by atoms with Gasteiger partial charge < -0.3 is 9.47 Å². The van der Waals surface area contributed by atoms with Gasteiger partial charge in [-0.25, -0.2) is 0 Å². The van der Waals surface area contributed by atoms with Crippen molar-refractivity contribution in [3.05, 3.63) is 0 Å². The first-order valence-corrected chi connectivity index (χ1v) is 7.02. The molecule has 2 heteroatoms. The van der Waals surface area contributed by atoms with Crippen molar-refractivity contribution < 1.29 is 9.47 Å². The molecule has 0 aromatic heterocycles. The topological polar surface area (TPSA) is 18.5 Å². The highest BCUT2D eigenvalue weighted by molar-refractivity contribution is 5.06. The van der Waals surface area contributed by atoms with Gasteiger partial charge in [0, 0.05) is 18.9 Å². The van der Waals surface area contributed by atoms with Crippen molar-refractivity contribution in [2.75, 3.05) is 13.7 Å². The molecule has 1 heterocycles. The molecule has 2 atom stereocenters. The van der Waals surface area contributed by atoms with Gasteiger partial charge in [-0.15, -0.1) is 0 Å². The summed E-state index contributed by atoms with van der Waals surface area (Å²) in [7, 11) is 1.86. The molecule has 2 saturated carbocycles. The lowest BCUT2D eigenvalue weighted by atomic mass is 9.64. The van der Waals surface area contributed by atoms with E-state index in [1.165, 1.54) is 51.4 Å². The average molecular weight is 224 g/mol. The van der Waals surface area contributed by atoms with Gasteiger partial charge >= 0.3 is 0 Å². The number of hydrogen-bond donors (Lipinski definition) is 0. The second-order valence-electron chi connectivity index (χ2n) is 5.90. The molecule has 1 saturated heterocycles. The van der Waals surface area contributed by atoms with E-state index in [0.717, 1.165) is 18.9 Å². The Balaban J connectivity index is 1.88. The molecule has 0 aromatic carbocycles. The summed E-state index contributed by atoms with van der Waals surface area (Å²) in [6, 6.07) is 0. The third kappa shape index (κ3) is 1.32. The molecule has 3 aliphatic rings. The predicted molar refractivity (Wildman–Crippen MR) is 63.2 cm³/mol. The number of fused-ring (bicyclic) bond motifs is 1. The summed E-state index contributed by atoms with van der Waals surface area (Å²) in [5.41, 5.74) is 0.377. The lowest BCUT2D eigenvalue weighted by Gasteiger charge is -2.45. The zero-order valence-corrected chi connectivity index (χ0v) is 10.5. The van der Waals surface area contributed by atoms with Gasteiger partial charge in [-0.2, -0.15) is 0 Å². The van der Waals surface area contributed by atoms with Crippen LogP contribution in [0.5, 0.6) is 0 Å². The molecule has 0 amide bonds. The Kier molecular flexibility index (Phi) is 2.75. The molecule has 3 rings (SSSR count). The van der Waals surface area contributed by atoms with Crippen molar-refractivity contribution in [2.24, 2.45) is 11.3 Å². The zero-order chi connectivity index (χ0) is 11.1. The Hall–Kier alpha value is -0.0800. The van der Waals surface area contributed by atoms with Crippen LogP contribution in [0.25, 0.3) is 0 Å². The minimum atomic E-state index is -0.199. The van der Waals surface area contributed by atoms with Gasteiger partial charge in [0.2, 0.25) is 0 Å². The van der Waals surface area contributed by atoms with E-state index in [1.807, 2.05) is 7.11 Å². The summed E-state index contributed by atoms with van der Waals surface area (Å²) in [6.07, 6.45) is 12.1. The van der Waals surface area contributed by atoms with Crippen LogP contribution in [-0.4, -0.2) is 19.5 Å². The number of methoxy groups -OCH3 is 1. The number of rotatable bonds is 2. The Morgan fingerprint density at radius 2 is 1.81 bits per heavy atom. The van der Waals surface area contributed by atoms with E-state index in [0.29, 0.717) is 5.41 Å². The van der Waals surface area contributed by atoms with Crippen LogP contribution in [-0.2, 0) is 9.47 Å². The standard InChI is InChI=1S/C14H24O2/c1-15-14-9-5-8-13(14,10-11-16-14)12-6-3-2-4-7-12/h12H,2-11H2,1H3. The molecule has 0 radical (unpaired) electrons. The Labute approximate surface area is 98.7 Å². The lowest BCUT2D eigenvalue weighted by molar-refractivity contribution is -0.245. The second kappa shape index (κ2) is 3.99. The summed E-state index contributed by atoms with van der Waals surface area (Å²) < 4.78 is 11.9. The quantitative estimate of drug-likeness (QED) is 0.714. The summed E-state index contributed by atoms with van der Waals surface area (Å²) in [5.74, 6) is 0.667. The SMILES string of the molecule is COC12CCCC1(C1CCCCC1)CCO2. The van der Waals surface area contributed by atoms with E-state index in [-0.39, 0.29) is 5.79 Å². The summed E-state index contributed by atoms with van der Waals surface area (Å²) in [5, 5.41) is 0. The summed E-state index contributed by atoms with van der Waals surface area (Å²) >= 11 is 0. The molecule has 3 fully saturated rings. The smallest absolute Gasteiger partial charge is 0.173 e. The first-order valence-electron chi connectivity index (χ1n) is 7.02. The summed E-state index contributed by atoms with van der Waals surface area (Å²) in [6.45, 7) is 0.921. The fraction of sp³-hybridized carbons (Fsp3) is 1.00. The summed E-state index contributed by atoms with van der Waals surface area (Å²) in [4.78, 5) is 0. The van der Waals surface area contributed by atoms with Crippen molar-refractivity contribution >= 4 is 0 Å². The van der Waals surface area contributed by atoms with Crippen LogP contribution in [0.4, 0.5) is 0 Å². The van der Waals surface area contributed by atoms with Crippen LogP contribution < -0.4 is 0 Å². The van der Waals surface area contributed by atoms with Crippen molar-refractivity contribution in [1.82, 2.24) is 0 Å². The average Bonchev–Trinajstić information content (AvgIpc) is 2.85. The molecule has 0 aromatic rings. The fourth-order valence-electron chi connectivity index (χ4n) is 4.74. The highest BCUT2D eigenvalue weighted by Crippen LogP contribution is 2.62. The predicted octanol–water partition coefficient (Wildman–Crippen LogP) is 3.50. The number of hydrogen-bond acceptors (Lipinski definition) is 2. The van der Waals surface area contributed by atoms with Gasteiger partial charge in [-0.1, -0.05) is 19.3 Å². The molecular formula is C14H24O2. The van der Waals surface area contributed by atoms with E-state index in [9.17, 15) is 0 Å². The van der Waals surface area contributed by atoms with Crippen LogP contribution >= 0.6 is 0 Å². The van der Waals surface area contributed by atoms with Crippen LogP contribution in [0.3, 0.4) is 0 Å².